The number of hydrogen-bond donors (Lipinski definition) is 0. The first-order valence-corrected chi connectivity index (χ1v) is 11.4. The summed E-state index contributed by atoms with van der Waals surface area (Å²) in [4.78, 5) is 0. The molecule has 3 aromatic rings. The van der Waals surface area contributed by atoms with E-state index in [-0.39, 0.29) is 0 Å². The summed E-state index contributed by atoms with van der Waals surface area (Å²) >= 11 is 0. The first kappa shape index (κ1) is 16.3. The van der Waals surface area contributed by atoms with Gasteiger partial charge in [0.25, 0.3) is 0 Å². The summed E-state index contributed by atoms with van der Waals surface area (Å²) in [6.45, 7) is 0.886. The fourth-order valence-electron chi connectivity index (χ4n) is 4.18. The van der Waals surface area contributed by atoms with Gasteiger partial charge in [-0.05, 0) is 28.8 Å². The number of rotatable bonds is 4. The van der Waals surface area contributed by atoms with Crippen molar-refractivity contribution in [2.45, 2.75) is 24.4 Å². The molecule has 126 valence electrons. The molecular weight excluding hydrogens is 320 g/mol. The molecule has 0 radical (unpaired) electrons. The minimum absolute atomic E-state index is 0.331. The lowest BCUT2D eigenvalue weighted by Gasteiger charge is -2.42. The molecule has 0 N–H and O–H groups in total. The lowest BCUT2D eigenvalue weighted by molar-refractivity contribution is 0.270. The zero-order valence-electron chi connectivity index (χ0n) is 14.5. The van der Waals surface area contributed by atoms with Crippen LogP contribution in [-0.4, -0.2) is 14.9 Å². The van der Waals surface area contributed by atoms with Crippen LogP contribution < -0.4 is 5.19 Å². The molecule has 1 aliphatic heterocycles. The molecule has 0 aromatic heterocycles. The molecule has 1 heterocycles. The molecular formula is C23H24OSi. The molecule has 25 heavy (non-hydrogen) atoms. The van der Waals surface area contributed by atoms with Crippen molar-refractivity contribution in [3.63, 3.8) is 0 Å². The Morgan fingerprint density at radius 1 is 0.640 bits per heavy atom. The molecule has 1 saturated heterocycles. The Kier molecular flexibility index (Phi) is 4.82. The highest BCUT2D eigenvalue weighted by Gasteiger charge is 2.47. The first-order valence-electron chi connectivity index (χ1n) is 9.19. The van der Waals surface area contributed by atoms with Gasteiger partial charge in [-0.25, -0.2) is 0 Å². The highest BCUT2D eigenvalue weighted by atomic mass is 28.4. The average Bonchev–Trinajstić information content (AvgIpc) is 2.71. The molecule has 1 fully saturated rings. The second kappa shape index (κ2) is 7.38. The summed E-state index contributed by atoms with van der Waals surface area (Å²) < 4.78 is 6.76. The maximum Gasteiger partial charge on any atom is 0.235 e. The van der Waals surface area contributed by atoms with Gasteiger partial charge in [0.15, 0.2) is 0 Å². The van der Waals surface area contributed by atoms with Gasteiger partial charge in [-0.2, -0.15) is 0 Å². The van der Waals surface area contributed by atoms with E-state index < -0.39 is 8.32 Å². The van der Waals surface area contributed by atoms with Gasteiger partial charge in [0.1, 0.15) is 0 Å². The molecule has 1 atom stereocenters. The minimum Gasteiger partial charge on any atom is -0.411 e. The zero-order valence-corrected chi connectivity index (χ0v) is 15.5. The maximum absolute atomic E-state index is 6.76. The van der Waals surface area contributed by atoms with E-state index in [1.54, 1.807) is 0 Å². The van der Waals surface area contributed by atoms with Crippen molar-refractivity contribution in [3.8, 4) is 0 Å². The Labute approximate surface area is 151 Å². The largest absolute Gasteiger partial charge is 0.411 e. The van der Waals surface area contributed by atoms with Crippen molar-refractivity contribution in [1.29, 1.82) is 0 Å². The fraction of sp³-hybridized carbons (Fsp3) is 0.217. The molecule has 0 amide bonds. The van der Waals surface area contributed by atoms with E-state index in [1.165, 1.54) is 35.2 Å². The Bertz CT molecular complexity index is 741. The predicted molar refractivity (Wildman–Crippen MR) is 107 cm³/mol. The summed E-state index contributed by atoms with van der Waals surface area (Å²) in [7, 11) is -2.17. The molecule has 0 spiro atoms. The lowest BCUT2D eigenvalue weighted by Crippen LogP contribution is -2.58. The van der Waals surface area contributed by atoms with Gasteiger partial charge in [-0.1, -0.05) is 97.4 Å². The second-order valence-corrected chi connectivity index (χ2v) is 10.5. The summed E-state index contributed by atoms with van der Waals surface area (Å²) in [5, 5.41) is 1.42. The maximum atomic E-state index is 6.76. The van der Waals surface area contributed by atoms with Gasteiger partial charge in [0.05, 0.1) is 0 Å². The van der Waals surface area contributed by atoms with E-state index in [0.29, 0.717) is 5.54 Å². The van der Waals surface area contributed by atoms with Crippen molar-refractivity contribution in [1.82, 2.24) is 0 Å². The van der Waals surface area contributed by atoms with Crippen molar-refractivity contribution in [2.75, 3.05) is 6.61 Å². The van der Waals surface area contributed by atoms with E-state index in [2.05, 4.69) is 91.0 Å². The monoisotopic (exact) mass is 344 g/mol. The minimum atomic E-state index is -2.17. The van der Waals surface area contributed by atoms with Crippen LogP contribution in [0.15, 0.2) is 91.0 Å². The second-order valence-electron chi connectivity index (χ2n) is 6.82. The quantitative estimate of drug-likeness (QED) is 0.604. The average molecular weight is 345 g/mol. The van der Waals surface area contributed by atoms with Crippen LogP contribution in [0.3, 0.4) is 0 Å². The standard InChI is InChI=1S/C23H24OSi/c1-4-12-20(13-5-1)23(21-14-6-2-7-15-21)25(19-11-10-18-24-25)22-16-8-3-9-17-22/h1-9,12-17,23H,10-11,18-19H2. The van der Waals surface area contributed by atoms with Crippen LogP contribution in [-0.2, 0) is 4.43 Å². The van der Waals surface area contributed by atoms with E-state index in [1.807, 2.05) is 0 Å². The van der Waals surface area contributed by atoms with Gasteiger partial charge >= 0.3 is 0 Å². The number of benzene rings is 3. The normalized spacial score (nSPS) is 20.5. The molecule has 0 aliphatic carbocycles. The summed E-state index contributed by atoms with van der Waals surface area (Å²) in [6, 6.07) is 34.1. The third kappa shape index (κ3) is 3.20. The van der Waals surface area contributed by atoms with Crippen molar-refractivity contribution >= 4 is 13.5 Å². The van der Waals surface area contributed by atoms with E-state index in [9.17, 15) is 0 Å². The zero-order chi connectivity index (χ0) is 17.0. The Balaban J connectivity index is 1.91. The molecule has 4 rings (SSSR count). The van der Waals surface area contributed by atoms with Gasteiger partial charge in [0.2, 0.25) is 8.32 Å². The SMILES string of the molecule is c1ccc(C(c2ccccc2)[Si]2(c3ccccc3)CCCCO2)cc1. The van der Waals surface area contributed by atoms with E-state index >= 15 is 0 Å². The van der Waals surface area contributed by atoms with Gasteiger partial charge in [-0.15, -0.1) is 0 Å². The van der Waals surface area contributed by atoms with Crippen molar-refractivity contribution in [2.24, 2.45) is 0 Å². The van der Waals surface area contributed by atoms with Gasteiger partial charge in [0, 0.05) is 12.1 Å². The summed E-state index contributed by atoms with van der Waals surface area (Å²) in [5.41, 5.74) is 3.09. The summed E-state index contributed by atoms with van der Waals surface area (Å²) in [5.74, 6) is 0. The topological polar surface area (TPSA) is 9.23 Å². The smallest absolute Gasteiger partial charge is 0.235 e. The fourth-order valence-corrected chi connectivity index (χ4v) is 9.07. The molecule has 3 aromatic carbocycles. The van der Waals surface area contributed by atoms with Crippen molar-refractivity contribution < 1.29 is 4.43 Å². The third-order valence-corrected chi connectivity index (χ3v) is 10.0. The van der Waals surface area contributed by atoms with Crippen LogP contribution in [0.5, 0.6) is 0 Å². The van der Waals surface area contributed by atoms with Crippen LogP contribution in [0, 0.1) is 0 Å². The van der Waals surface area contributed by atoms with Crippen LogP contribution in [0.4, 0.5) is 0 Å². The Hall–Kier alpha value is -2.16. The lowest BCUT2D eigenvalue weighted by atomic mass is 10.0. The Morgan fingerprint density at radius 2 is 1.16 bits per heavy atom. The summed E-state index contributed by atoms with van der Waals surface area (Å²) in [6.07, 6.45) is 2.44. The molecule has 0 saturated carbocycles. The first-order chi connectivity index (χ1) is 12.4. The third-order valence-electron chi connectivity index (χ3n) is 5.30. The number of hydrogen-bond acceptors (Lipinski definition) is 1. The Morgan fingerprint density at radius 3 is 1.64 bits per heavy atom. The van der Waals surface area contributed by atoms with Crippen LogP contribution in [0.25, 0.3) is 0 Å². The van der Waals surface area contributed by atoms with Crippen LogP contribution in [0.1, 0.15) is 29.5 Å². The van der Waals surface area contributed by atoms with Crippen molar-refractivity contribution in [3.05, 3.63) is 102 Å². The molecule has 0 bridgehead atoms. The molecule has 1 unspecified atom stereocenters. The van der Waals surface area contributed by atoms with Crippen LogP contribution in [0.2, 0.25) is 6.04 Å². The predicted octanol–water partition coefficient (Wildman–Crippen LogP) is 5.02. The molecule has 2 heteroatoms. The molecule has 1 aliphatic rings. The highest BCUT2D eigenvalue weighted by molar-refractivity contribution is 6.88. The highest BCUT2D eigenvalue weighted by Crippen LogP contribution is 2.39. The van der Waals surface area contributed by atoms with E-state index in [4.69, 9.17) is 4.43 Å². The molecule has 1 nitrogen and oxygen atoms in total. The van der Waals surface area contributed by atoms with Gasteiger partial charge < -0.3 is 4.43 Å². The van der Waals surface area contributed by atoms with E-state index in [0.717, 1.165) is 6.61 Å². The van der Waals surface area contributed by atoms with Crippen LogP contribution >= 0.6 is 0 Å². The van der Waals surface area contributed by atoms with Gasteiger partial charge in [-0.3, -0.25) is 0 Å².